The Bertz CT molecular complexity index is 1260. The average Bonchev–Trinajstić information content (AvgIpc) is 3.27. The predicted molar refractivity (Wildman–Crippen MR) is 128 cm³/mol. The van der Waals surface area contributed by atoms with Gasteiger partial charge in [0.2, 0.25) is 0 Å². The van der Waals surface area contributed by atoms with Gasteiger partial charge in [-0.25, -0.2) is 4.98 Å². The molecule has 32 heavy (non-hydrogen) atoms. The van der Waals surface area contributed by atoms with Crippen molar-refractivity contribution in [2.24, 2.45) is 5.92 Å². The molecule has 166 valence electrons. The van der Waals surface area contributed by atoms with Crippen LogP contribution in [0.25, 0.3) is 10.2 Å². The van der Waals surface area contributed by atoms with Crippen molar-refractivity contribution < 1.29 is 9.59 Å². The van der Waals surface area contributed by atoms with E-state index in [-0.39, 0.29) is 23.3 Å². The number of hydrogen-bond donors (Lipinski definition) is 0. The van der Waals surface area contributed by atoms with E-state index < -0.39 is 0 Å². The maximum absolute atomic E-state index is 13.6. The fourth-order valence-electron chi connectivity index (χ4n) is 4.39. The highest BCUT2D eigenvalue weighted by Crippen LogP contribution is 2.35. The Hall–Kier alpha value is -2.45. The molecule has 1 aliphatic carbocycles. The Kier molecular flexibility index (Phi) is 5.67. The highest BCUT2D eigenvalue weighted by molar-refractivity contribution is 7.99. The van der Waals surface area contributed by atoms with E-state index in [1.807, 2.05) is 0 Å². The minimum atomic E-state index is -0.290. The molecular formula is C24H25N3O3S2. The molecule has 0 saturated carbocycles. The van der Waals surface area contributed by atoms with E-state index in [9.17, 15) is 14.4 Å². The van der Waals surface area contributed by atoms with Gasteiger partial charge in [0, 0.05) is 11.4 Å². The molecule has 0 atom stereocenters. The number of imide groups is 1. The van der Waals surface area contributed by atoms with E-state index in [4.69, 9.17) is 4.98 Å². The van der Waals surface area contributed by atoms with Gasteiger partial charge in [-0.2, -0.15) is 0 Å². The zero-order valence-electron chi connectivity index (χ0n) is 18.2. The number of amides is 2. The lowest BCUT2D eigenvalue weighted by atomic mass is 9.97. The van der Waals surface area contributed by atoms with Gasteiger partial charge in [0.1, 0.15) is 4.83 Å². The van der Waals surface area contributed by atoms with Gasteiger partial charge in [0.25, 0.3) is 17.4 Å². The third-order valence-electron chi connectivity index (χ3n) is 6.17. The maximum Gasteiger partial charge on any atom is 0.263 e. The number of aromatic nitrogens is 2. The van der Waals surface area contributed by atoms with Gasteiger partial charge in [-0.1, -0.05) is 37.7 Å². The summed E-state index contributed by atoms with van der Waals surface area (Å²) >= 11 is 2.92. The molecule has 1 aromatic carbocycles. The van der Waals surface area contributed by atoms with Crippen molar-refractivity contribution >= 4 is 45.1 Å². The molecule has 1 aliphatic heterocycles. The number of carbonyl (C=O) groups excluding carboxylic acids is 2. The number of carbonyl (C=O) groups is 2. The summed E-state index contributed by atoms with van der Waals surface area (Å²) in [4.78, 5) is 47.3. The summed E-state index contributed by atoms with van der Waals surface area (Å²) in [6, 6.07) is 6.88. The summed E-state index contributed by atoms with van der Waals surface area (Å²) in [5.74, 6) is 0.00334. The Morgan fingerprint density at radius 3 is 2.44 bits per heavy atom. The maximum atomic E-state index is 13.6. The van der Waals surface area contributed by atoms with Crippen molar-refractivity contribution in [1.82, 2.24) is 14.5 Å². The number of aryl methyl sites for hydroxylation is 2. The van der Waals surface area contributed by atoms with Crippen LogP contribution < -0.4 is 5.56 Å². The highest BCUT2D eigenvalue weighted by atomic mass is 32.2. The molecule has 3 aromatic rings. The predicted octanol–water partition coefficient (Wildman–Crippen LogP) is 4.73. The summed E-state index contributed by atoms with van der Waals surface area (Å²) in [7, 11) is 0. The fraction of sp³-hybridized carbons (Fsp3) is 0.417. The van der Waals surface area contributed by atoms with E-state index in [0.29, 0.717) is 28.7 Å². The van der Waals surface area contributed by atoms with E-state index in [2.05, 4.69) is 13.8 Å². The Morgan fingerprint density at radius 1 is 1.06 bits per heavy atom. The third kappa shape index (κ3) is 3.59. The molecule has 0 saturated heterocycles. The van der Waals surface area contributed by atoms with E-state index in [0.717, 1.165) is 42.3 Å². The van der Waals surface area contributed by atoms with Gasteiger partial charge in [-0.15, -0.1) is 11.3 Å². The lowest BCUT2D eigenvalue weighted by Gasteiger charge is -2.17. The van der Waals surface area contributed by atoms with Crippen molar-refractivity contribution in [3.8, 4) is 0 Å². The molecule has 3 heterocycles. The average molecular weight is 468 g/mol. The molecule has 6 nitrogen and oxygen atoms in total. The number of hydrogen-bond acceptors (Lipinski definition) is 6. The first-order chi connectivity index (χ1) is 15.5. The first-order valence-corrected chi connectivity index (χ1v) is 12.9. The van der Waals surface area contributed by atoms with Crippen LogP contribution >= 0.6 is 23.1 Å². The summed E-state index contributed by atoms with van der Waals surface area (Å²) in [6.07, 6.45) is 5.08. The molecule has 0 radical (unpaired) electrons. The number of nitrogens with zero attached hydrogens (tertiary/aromatic N) is 3. The zero-order chi connectivity index (χ0) is 22.4. The van der Waals surface area contributed by atoms with Crippen LogP contribution in [0.3, 0.4) is 0 Å². The van der Waals surface area contributed by atoms with Gasteiger partial charge < -0.3 is 0 Å². The molecule has 0 fully saturated rings. The summed E-state index contributed by atoms with van der Waals surface area (Å²) in [5.41, 5.74) is 2.07. The van der Waals surface area contributed by atoms with Crippen molar-refractivity contribution in [2.45, 2.75) is 57.7 Å². The van der Waals surface area contributed by atoms with Gasteiger partial charge in [0.05, 0.1) is 22.4 Å². The van der Waals surface area contributed by atoms with E-state index >= 15 is 0 Å². The van der Waals surface area contributed by atoms with Crippen LogP contribution in [0, 0.1) is 5.92 Å². The van der Waals surface area contributed by atoms with Crippen molar-refractivity contribution in [2.75, 3.05) is 5.88 Å². The molecule has 2 amide bonds. The Labute approximate surface area is 194 Å². The van der Waals surface area contributed by atoms with Crippen LogP contribution in [0.1, 0.15) is 64.3 Å². The van der Waals surface area contributed by atoms with Gasteiger partial charge >= 0.3 is 0 Å². The van der Waals surface area contributed by atoms with Crippen LogP contribution in [0.2, 0.25) is 0 Å². The van der Waals surface area contributed by atoms with Crippen molar-refractivity contribution in [1.29, 1.82) is 0 Å². The van der Waals surface area contributed by atoms with Crippen LogP contribution in [-0.4, -0.2) is 32.1 Å². The zero-order valence-corrected chi connectivity index (χ0v) is 19.9. The molecule has 8 heteroatoms. The smallest absolute Gasteiger partial charge is 0.263 e. The number of rotatable bonds is 6. The van der Waals surface area contributed by atoms with Gasteiger partial charge in [-0.05, 0) is 55.7 Å². The second-order valence-electron chi connectivity index (χ2n) is 8.78. The number of thioether (sulfide) groups is 1. The van der Waals surface area contributed by atoms with E-state index in [1.165, 1.54) is 27.1 Å². The molecular weight excluding hydrogens is 442 g/mol. The standard InChI is InChI=1S/C24H25N3O3S2/c1-14(2)11-12-26-23(30)19-17-9-5-6-10-18(17)32-20(19)25-24(26)31-13-27-21(28)15-7-3-4-8-16(15)22(27)29/h3-4,7-8,14H,5-6,9-13H2,1-2H3. The van der Waals surface area contributed by atoms with Gasteiger partial charge in [-0.3, -0.25) is 23.9 Å². The number of thiophene rings is 1. The largest absolute Gasteiger partial charge is 0.287 e. The normalized spacial score (nSPS) is 15.7. The molecule has 0 bridgehead atoms. The summed E-state index contributed by atoms with van der Waals surface area (Å²) in [6.45, 7) is 4.85. The fourth-order valence-corrected chi connectivity index (χ4v) is 6.67. The Morgan fingerprint density at radius 2 is 1.75 bits per heavy atom. The van der Waals surface area contributed by atoms with Crippen LogP contribution in [-0.2, 0) is 19.4 Å². The van der Waals surface area contributed by atoms with Crippen LogP contribution in [0.15, 0.2) is 34.2 Å². The molecule has 0 unspecified atom stereocenters. The lowest BCUT2D eigenvalue weighted by molar-refractivity contribution is 0.0684. The minimum absolute atomic E-state index is 0.0138. The molecule has 0 N–H and O–H groups in total. The topological polar surface area (TPSA) is 72.3 Å². The molecule has 5 rings (SSSR count). The van der Waals surface area contributed by atoms with Crippen LogP contribution in [0.5, 0.6) is 0 Å². The number of benzene rings is 1. The quantitative estimate of drug-likeness (QED) is 0.298. The van der Waals surface area contributed by atoms with Gasteiger partial charge in [0.15, 0.2) is 5.16 Å². The lowest BCUT2D eigenvalue weighted by Crippen LogP contribution is -2.30. The van der Waals surface area contributed by atoms with Crippen LogP contribution in [0.4, 0.5) is 0 Å². The molecule has 0 spiro atoms. The summed E-state index contributed by atoms with van der Waals surface area (Å²) in [5, 5.41) is 1.36. The Balaban J connectivity index is 1.50. The first kappa shape index (κ1) is 21.4. The molecule has 2 aromatic heterocycles. The monoisotopic (exact) mass is 467 g/mol. The third-order valence-corrected chi connectivity index (χ3v) is 8.31. The molecule has 2 aliphatic rings. The minimum Gasteiger partial charge on any atom is -0.287 e. The SMILES string of the molecule is CC(C)CCn1c(SCN2C(=O)c3ccccc3C2=O)nc2sc3c(c2c1=O)CCCC3. The highest BCUT2D eigenvalue weighted by Gasteiger charge is 2.35. The summed E-state index contributed by atoms with van der Waals surface area (Å²) < 4.78 is 1.76. The van der Waals surface area contributed by atoms with E-state index in [1.54, 1.807) is 40.2 Å². The second-order valence-corrected chi connectivity index (χ2v) is 10.8. The number of fused-ring (bicyclic) bond motifs is 4. The first-order valence-electron chi connectivity index (χ1n) is 11.1. The second kappa shape index (κ2) is 8.48. The van der Waals surface area contributed by atoms with Crippen molar-refractivity contribution in [3.05, 3.63) is 56.2 Å². The van der Waals surface area contributed by atoms with Crippen molar-refractivity contribution in [3.63, 3.8) is 0 Å².